The lowest BCUT2D eigenvalue weighted by atomic mass is 10.1. The minimum absolute atomic E-state index is 0.168. The first kappa shape index (κ1) is 22.4. The van der Waals surface area contributed by atoms with Gasteiger partial charge in [0.25, 0.3) is 11.8 Å². The molecule has 2 amide bonds. The number of carbonyl (C=O) groups excluding carboxylic acids is 2. The van der Waals surface area contributed by atoms with Crippen molar-refractivity contribution in [3.05, 3.63) is 112 Å². The molecule has 4 rings (SSSR count). The number of fused-ring (bicyclic) bond motifs is 1. The van der Waals surface area contributed by atoms with E-state index in [9.17, 15) is 9.59 Å². The number of amides is 2. The number of carbonyl (C=O) groups is 2. The molecule has 33 heavy (non-hydrogen) atoms. The van der Waals surface area contributed by atoms with Crippen molar-refractivity contribution < 1.29 is 9.59 Å². The summed E-state index contributed by atoms with van der Waals surface area (Å²) in [6, 6.07) is 24.0. The smallest absolute Gasteiger partial charge is 0.267 e. The number of aromatic nitrogens is 1. The molecule has 5 nitrogen and oxygen atoms in total. The standard InChI is InChI=1S/C27H24ClN3O2/c1-18-22(23-9-5-6-10-24(23)30-18)15-16-29-27(33)25(17-19-11-13-21(28)14-12-19)31-26(32)20-7-3-2-4-8-20/h2-14,17,30H,15-16H2,1H3,(H,29,33)(H,31,32)/b25-17-. The Morgan fingerprint density at radius 3 is 2.39 bits per heavy atom. The normalized spacial score (nSPS) is 11.4. The fourth-order valence-electron chi connectivity index (χ4n) is 3.72. The number of nitrogens with one attached hydrogen (secondary N) is 3. The molecule has 0 aliphatic heterocycles. The average molecular weight is 458 g/mol. The molecule has 166 valence electrons. The molecule has 3 aromatic carbocycles. The highest BCUT2D eigenvalue weighted by atomic mass is 35.5. The summed E-state index contributed by atoms with van der Waals surface area (Å²) in [4.78, 5) is 29.1. The van der Waals surface area contributed by atoms with Crippen molar-refractivity contribution in [2.45, 2.75) is 13.3 Å². The molecular weight excluding hydrogens is 434 g/mol. The molecule has 0 spiro atoms. The molecule has 0 fully saturated rings. The van der Waals surface area contributed by atoms with Gasteiger partial charge < -0.3 is 15.6 Å². The van der Waals surface area contributed by atoms with Gasteiger partial charge in [0.2, 0.25) is 0 Å². The zero-order valence-electron chi connectivity index (χ0n) is 18.2. The van der Waals surface area contributed by atoms with Gasteiger partial charge in [0.05, 0.1) is 0 Å². The van der Waals surface area contributed by atoms with Gasteiger partial charge in [0.15, 0.2) is 0 Å². The van der Waals surface area contributed by atoms with Crippen molar-refractivity contribution in [1.82, 2.24) is 15.6 Å². The Hall–Kier alpha value is -3.83. The van der Waals surface area contributed by atoms with E-state index in [0.29, 0.717) is 23.6 Å². The predicted octanol–water partition coefficient (Wildman–Crippen LogP) is 5.26. The summed E-state index contributed by atoms with van der Waals surface area (Å²) in [6.45, 7) is 2.46. The van der Waals surface area contributed by atoms with Crippen molar-refractivity contribution in [2.24, 2.45) is 0 Å². The van der Waals surface area contributed by atoms with Gasteiger partial charge >= 0.3 is 0 Å². The summed E-state index contributed by atoms with van der Waals surface area (Å²) in [5.74, 6) is -0.704. The second-order valence-electron chi connectivity index (χ2n) is 7.71. The number of aryl methyl sites for hydroxylation is 1. The van der Waals surface area contributed by atoms with E-state index in [-0.39, 0.29) is 17.5 Å². The van der Waals surface area contributed by atoms with Crippen molar-refractivity contribution in [3.63, 3.8) is 0 Å². The van der Waals surface area contributed by atoms with Gasteiger partial charge in [0, 0.05) is 33.7 Å². The maximum absolute atomic E-state index is 13.0. The summed E-state index contributed by atoms with van der Waals surface area (Å²) >= 11 is 5.97. The summed E-state index contributed by atoms with van der Waals surface area (Å²) < 4.78 is 0. The van der Waals surface area contributed by atoms with Crippen LogP contribution in [0.25, 0.3) is 17.0 Å². The molecule has 0 atom stereocenters. The fourth-order valence-corrected chi connectivity index (χ4v) is 3.85. The Bertz CT molecular complexity index is 1310. The molecule has 0 saturated carbocycles. The minimum Gasteiger partial charge on any atom is -0.358 e. The monoisotopic (exact) mass is 457 g/mol. The fraction of sp³-hybridized carbons (Fsp3) is 0.111. The molecule has 1 heterocycles. The lowest BCUT2D eigenvalue weighted by Crippen LogP contribution is -2.35. The highest BCUT2D eigenvalue weighted by Crippen LogP contribution is 2.22. The SMILES string of the molecule is Cc1[nH]c2ccccc2c1CCNC(=O)/C(=C/c1ccc(Cl)cc1)NC(=O)c1ccccc1. The number of aromatic amines is 1. The van der Waals surface area contributed by atoms with Gasteiger partial charge in [-0.3, -0.25) is 9.59 Å². The van der Waals surface area contributed by atoms with Crippen LogP contribution in [0.5, 0.6) is 0 Å². The highest BCUT2D eigenvalue weighted by molar-refractivity contribution is 6.30. The Morgan fingerprint density at radius 1 is 0.939 bits per heavy atom. The molecular formula is C27H24ClN3O2. The number of benzene rings is 3. The third kappa shape index (κ3) is 5.51. The van der Waals surface area contributed by atoms with E-state index in [0.717, 1.165) is 22.2 Å². The zero-order valence-corrected chi connectivity index (χ0v) is 18.9. The van der Waals surface area contributed by atoms with E-state index in [1.165, 1.54) is 5.56 Å². The molecule has 0 aliphatic rings. The van der Waals surface area contributed by atoms with Crippen LogP contribution in [-0.4, -0.2) is 23.3 Å². The van der Waals surface area contributed by atoms with Crippen molar-refractivity contribution in [3.8, 4) is 0 Å². The molecule has 0 radical (unpaired) electrons. The molecule has 0 unspecified atom stereocenters. The average Bonchev–Trinajstić information content (AvgIpc) is 3.15. The molecule has 1 aromatic heterocycles. The van der Waals surface area contributed by atoms with Crippen LogP contribution in [0.1, 0.15) is 27.2 Å². The maximum atomic E-state index is 13.0. The van der Waals surface area contributed by atoms with E-state index < -0.39 is 0 Å². The Morgan fingerprint density at radius 2 is 1.64 bits per heavy atom. The highest BCUT2D eigenvalue weighted by Gasteiger charge is 2.15. The predicted molar refractivity (Wildman–Crippen MR) is 133 cm³/mol. The van der Waals surface area contributed by atoms with Crippen LogP contribution in [-0.2, 0) is 11.2 Å². The third-order valence-corrected chi connectivity index (χ3v) is 5.65. The van der Waals surface area contributed by atoms with Crippen LogP contribution in [0.3, 0.4) is 0 Å². The van der Waals surface area contributed by atoms with E-state index in [2.05, 4.69) is 21.7 Å². The van der Waals surface area contributed by atoms with Gasteiger partial charge in [-0.1, -0.05) is 60.1 Å². The summed E-state index contributed by atoms with van der Waals surface area (Å²) in [7, 11) is 0. The van der Waals surface area contributed by atoms with Crippen LogP contribution in [0, 0.1) is 6.92 Å². The van der Waals surface area contributed by atoms with Crippen molar-refractivity contribution in [2.75, 3.05) is 6.54 Å². The molecule has 6 heteroatoms. The quantitative estimate of drug-likeness (QED) is 0.331. The van der Waals surface area contributed by atoms with Crippen LogP contribution in [0.15, 0.2) is 84.6 Å². The summed E-state index contributed by atoms with van der Waals surface area (Å²) in [6.07, 6.45) is 2.31. The summed E-state index contributed by atoms with van der Waals surface area (Å²) in [5.41, 5.74) is 4.73. The van der Waals surface area contributed by atoms with Gasteiger partial charge in [0.1, 0.15) is 5.70 Å². The first-order chi connectivity index (χ1) is 16.0. The molecule has 0 bridgehead atoms. The van der Waals surface area contributed by atoms with E-state index in [1.807, 2.05) is 31.2 Å². The first-order valence-electron chi connectivity index (χ1n) is 10.7. The van der Waals surface area contributed by atoms with Crippen LogP contribution in [0.4, 0.5) is 0 Å². The summed E-state index contributed by atoms with van der Waals surface area (Å²) in [5, 5.41) is 7.44. The number of para-hydroxylation sites is 1. The second kappa shape index (κ2) is 10.2. The maximum Gasteiger partial charge on any atom is 0.267 e. The van der Waals surface area contributed by atoms with E-state index in [1.54, 1.807) is 54.6 Å². The third-order valence-electron chi connectivity index (χ3n) is 5.40. The van der Waals surface area contributed by atoms with Crippen LogP contribution < -0.4 is 10.6 Å². The molecule has 3 N–H and O–H groups in total. The lowest BCUT2D eigenvalue weighted by molar-refractivity contribution is -0.117. The van der Waals surface area contributed by atoms with Crippen LogP contribution in [0.2, 0.25) is 5.02 Å². The van der Waals surface area contributed by atoms with E-state index in [4.69, 9.17) is 11.6 Å². The Labute approximate surface area is 197 Å². The van der Waals surface area contributed by atoms with Gasteiger partial charge in [-0.05, 0) is 60.9 Å². The van der Waals surface area contributed by atoms with Gasteiger partial charge in [-0.25, -0.2) is 0 Å². The number of hydrogen-bond donors (Lipinski definition) is 3. The largest absolute Gasteiger partial charge is 0.358 e. The minimum atomic E-state index is -0.355. The number of halogens is 1. The van der Waals surface area contributed by atoms with Gasteiger partial charge in [-0.2, -0.15) is 0 Å². The molecule has 0 aliphatic carbocycles. The van der Waals surface area contributed by atoms with Gasteiger partial charge in [-0.15, -0.1) is 0 Å². The first-order valence-corrected chi connectivity index (χ1v) is 11.1. The lowest BCUT2D eigenvalue weighted by Gasteiger charge is -2.12. The van der Waals surface area contributed by atoms with Crippen molar-refractivity contribution >= 4 is 40.4 Å². The van der Waals surface area contributed by atoms with Crippen LogP contribution >= 0.6 is 11.6 Å². The second-order valence-corrected chi connectivity index (χ2v) is 8.15. The number of rotatable bonds is 7. The number of H-pyrrole nitrogens is 1. The van der Waals surface area contributed by atoms with E-state index >= 15 is 0 Å². The zero-order chi connectivity index (χ0) is 23.2. The topological polar surface area (TPSA) is 74.0 Å². The van der Waals surface area contributed by atoms with Crippen molar-refractivity contribution in [1.29, 1.82) is 0 Å². The molecule has 4 aromatic rings. The Balaban J connectivity index is 1.50. The Kier molecular flexibility index (Phi) is 6.91. The molecule has 0 saturated heterocycles. The number of hydrogen-bond acceptors (Lipinski definition) is 2.